The lowest BCUT2D eigenvalue weighted by atomic mass is 10.2. The fourth-order valence-corrected chi connectivity index (χ4v) is 2.87. The van der Waals surface area contributed by atoms with Crippen LogP contribution in [0.3, 0.4) is 0 Å². The summed E-state index contributed by atoms with van der Waals surface area (Å²) in [4.78, 5) is 23.9. The minimum absolute atomic E-state index is 0.0904. The molecule has 0 atom stereocenters. The predicted molar refractivity (Wildman–Crippen MR) is 103 cm³/mol. The van der Waals surface area contributed by atoms with Gasteiger partial charge in [-0.3, -0.25) is 9.59 Å². The number of amides is 2. The van der Waals surface area contributed by atoms with Gasteiger partial charge in [0.15, 0.2) is 0 Å². The molecular weight excluding hydrogens is 350 g/mol. The molecule has 26 heavy (non-hydrogen) atoms. The second-order valence-electron chi connectivity index (χ2n) is 6.01. The van der Waals surface area contributed by atoms with E-state index in [2.05, 4.69) is 10.6 Å². The van der Waals surface area contributed by atoms with E-state index in [4.69, 9.17) is 11.6 Å². The van der Waals surface area contributed by atoms with Gasteiger partial charge in [0.1, 0.15) is 6.54 Å². The Morgan fingerprint density at radius 3 is 2.58 bits per heavy atom. The van der Waals surface area contributed by atoms with Gasteiger partial charge in [0.05, 0.1) is 0 Å². The SMILES string of the molecule is O=C(CCNC(=O)Cn1ccc2ccc(Cl)cc21)NCc1ccccc1. The molecule has 0 unspecified atom stereocenters. The normalized spacial score (nSPS) is 10.7. The molecule has 2 N–H and O–H groups in total. The second kappa shape index (κ2) is 8.54. The summed E-state index contributed by atoms with van der Waals surface area (Å²) < 4.78 is 1.84. The van der Waals surface area contributed by atoms with Gasteiger partial charge in [-0.05, 0) is 29.1 Å². The molecule has 6 heteroatoms. The summed E-state index contributed by atoms with van der Waals surface area (Å²) in [6, 6.07) is 17.2. The van der Waals surface area contributed by atoms with E-state index >= 15 is 0 Å². The summed E-state index contributed by atoms with van der Waals surface area (Å²) in [5, 5.41) is 7.28. The van der Waals surface area contributed by atoms with E-state index in [9.17, 15) is 9.59 Å². The zero-order valence-electron chi connectivity index (χ0n) is 14.2. The molecule has 0 aliphatic rings. The maximum atomic E-state index is 12.1. The number of fused-ring (bicyclic) bond motifs is 1. The van der Waals surface area contributed by atoms with E-state index < -0.39 is 0 Å². The van der Waals surface area contributed by atoms with Crippen LogP contribution in [-0.4, -0.2) is 22.9 Å². The number of carbonyl (C=O) groups excluding carboxylic acids is 2. The van der Waals surface area contributed by atoms with E-state index in [-0.39, 0.29) is 24.8 Å². The fourth-order valence-electron chi connectivity index (χ4n) is 2.71. The van der Waals surface area contributed by atoms with Crippen molar-refractivity contribution in [2.75, 3.05) is 6.54 Å². The Labute approximate surface area is 157 Å². The standard InChI is InChI=1S/C20H20ClN3O2/c21-17-7-6-16-9-11-24(18(16)12-17)14-20(26)22-10-8-19(25)23-13-15-4-2-1-3-5-15/h1-7,9,11-12H,8,10,13-14H2,(H,22,26)(H,23,25). The van der Waals surface area contributed by atoms with Crippen molar-refractivity contribution in [3.05, 3.63) is 71.4 Å². The van der Waals surface area contributed by atoms with Crippen molar-refractivity contribution in [3.8, 4) is 0 Å². The number of nitrogens with zero attached hydrogens (tertiary/aromatic N) is 1. The Balaban J connectivity index is 1.42. The highest BCUT2D eigenvalue weighted by atomic mass is 35.5. The van der Waals surface area contributed by atoms with Gasteiger partial charge in [0, 0.05) is 36.2 Å². The third kappa shape index (κ3) is 4.86. The van der Waals surface area contributed by atoms with E-state index in [1.165, 1.54) is 0 Å². The summed E-state index contributed by atoms with van der Waals surface area (Å²) >= 11 is 6.02. The van der Waals surface area contributed by atoms with Crippen LogP contribution in [0.25, 0.3) is 10.9 Å². The van der Waals surface area contributed by atoms with Crippen molar-refractivity contribution >= 4 is 34.3 Å². The molecule has 1 heterocycles. The van der Waals surface area contributed by atoms with Crippen molar-refractivity contribution in [2.45, 2.75) is 19.5 Å². The predicted octanol–water partition coefficient (Wildman–Crippen LogP) is 3.12. The molecule has 0 radical (unpaired) electrons. The third-order valence-electron chi connectivity index (χ3n) is 4.06. The van der Waals surface area contributed by atoms with Crippen molar-refractivity contribution in [3.63, 3.8) is 0 Å². The van der Waals surface area contributed by atoms with E-state index in [1.54, 1.807) is 0 Å². The van der Waals surface area contributed by atoms with E-state index in [0.717, 1.165) is 16.5 Å². The third-order valence-corrected chi connectivity index (χ3v) is 4.29. The number of aromatic nitrogens is 1. The molecule has 1 aromatic heterocycles. The van der Waals surface area contributed by atoms with Gasteiger partial charge in [0.25, 0.3) is 0 Å². The minimum atomic E-state index is -0.140. The van der Waals surface area contributed by atoms with Gasteiger partial charge < -0.3 is 15.2 Å². The molecule has 0 fully saturated rings. The molecule has 0 aliphatic carbocycles. The molecule has 2 aromatic carbocycles. The number of hydrogen-bond acceptors (Lipinski definition) is 2. The maximum Gasteiger partial charge on any atom is 0.239 e. The van der Waals surface area contributed by atoms with Gasteiger partial charge >= 0.3 is 0 Å². The van der Waals surface area contributed by atoms with Gasteiger partial charge in [0.2, 0.25) is 11.8 Å². The Kier molecular flexibility index (Phi) is 5.92. The first-order valence-corrected chi connectivity index (χ1v) is 8.81. The Hall–Kier alpha value is -2.79. The van der Waals surface area contributed by atoms with Crippen LogP contribution in [0.5, 0.6) is 0 Å². The second-order valence-corrected chi connectivity index (χ2v) is 6.45. The highest BCUT2D eigenvalue weighted by molar-refractivity contribution is 6.31. The van der Waals surface area contributed by atoms with E-state index in [0.29, 0.717) is 18.1 Å². The first-order valence-electron chi connectivity index (χ1n) is 8.43. The highest BCUT2D eigenvalue weighted by Crippen LogP contribution is 2.20. The zero-order chi connectivity index (χ0) is 18.4. The topological polar surface area (TPSA) is 63.1 Å². The molecular formula is C20H20ClN3O2. The first kappa shape index (κ1) is 18.0. The Bertz CT molecular complexity index is 906. The van der Waals surface area contributed by atoms with Crippen molar-refractivity contribution < 1.29 is 9.59 Å². The monoisotopic (exact) mass is 369 g/mol. The molecule has 0 spiro atoms. The minimum Gasteiger partial charge on any atom is -0.354 e. The molecule has 0 saturated heterocycles. The summed E-state index contributed by atoms with van der Waals surface area (Å²) in [6.07, 6.45) is 2.10. The van der Waals surface area contributed by atoms with Crippen molar-refractivity contribution in [2.24, 2.45) is 0 Å². The molecule has 0 saturated carbocycles. The molecule has 5 nitrogen and oxygen atoms in total. The summed E-state index contributed by atoms with van der Waals surface area (Å²) in [7, 11) is 0. The summed E-state index contributed by atoms with van der Waals surface area (Å²) in [5.74, 6) is -0.231. The van der Waals surface area contributed by atoms with Crippen LogP contribution in [0, 0.1) is 0 Å². The number of nitrogens with one attached hydrogen (secondary N) is 2. The lowest BCUT2D eigenvalue weighted by Gasteiger charge is -2.08. The number of rotatable bonds is 7. The van der Waals surface area contributed by atoms with Crippen molar-refractivity contribution in [1.29, 1.82) is 0 Å². The fraction of sp³-hybridized carbons (Fsp3) is 0.200. The molecule has 2 amide bonds. The van der Waals surface area contributed by atoms with Crippen LogP contribution in [0.2, 0.25) is 5.02 Å². The molecule has 3 aromatic rings. The van der Waals surface area contributed by atoms with Crippen LogP contribution in [0.1, 0.15) is 12.0 Å². The Morgan fingerprint density at radius 2 is 1.77 bits per heavy atom. The number of hydrogen-bond donors (Lipinski definition) is 2. The van der Waals surface area contributed by atoms with Crippen LogP contribution in [0.15, 0.2) is 60.8 Å². The van der Waals surface area contributed by atoms with Crippen LogP contribution in [-0.2, 0) is 22.7 Å². The first-order chi connectivity index (χ1) is 12.6. The molecule has 134 valence electrons. The van der Waals surface area contributed by atoms with Gasteiger partial charge in [-0.15, -0.1) is 0 Å². The number of halogens is 1. The highest BCUT2D eigenvalue weighted by Gasteiger charge is 2.08. The number of benzene rings is 2. The average Bonchev–Trinajstić information content (AvgIpc) is 3.03. The lowest BCUT2D eigenvalue weighted by Crippen LogP contribution is -2.32. The van der Waals surface area contributed by atoms with Crippen LogP contribution in [0.4, 0.5) is 0 Å². The molecule has 0 aliphatic heterocycles. The Morgan fingerprint density at radius 1 is 0.962 bits per heavy atom. The number of carbonyl (C=O) groups is 2. The van der Waals surface area contributed by atoms with Gasteiger partial charge in [-0.1, -0.05) is 48.0 Å². The van der Waals surface area contributed by atoms with Gasteiger partial charge in [-0.2, -0.15) is 0 Å². The molecule has 3 rings (SSSR count). The van der Waals surface area contributed by atoms with E-state index in [1.807, 2.05) is 65.4 Å². The largest absolute Gasteiger partial charge is 0.354 e. The lowest BCUT2D eigenvalue weighted by molar-refractivity contribution is -0.122. The average molecular weight is 370 g/mol. The zero-order valence-corrected chi connectivity index (χ0v) is 15.0. The van der Waals surface area contributed by atoms with Crippen LogP contribution >= 0.6 is 11.6 Å². The summed E-state index contributed by atoms with van der Waals surface area (Å²) in [6.45, 7) is 0.985. The summed E-state index contributed by atoms with van der Waals surface area (Å²) in [5.41, 5.74) is 1.95. The van der Waals surface area contributed by atoms with Crippen molar-refractivity contribution in [1.82, 2.24) is 15.2 Å². The maximum absolute atomic E-state index is 12.1. The quantitative estimate of drug-likeness (QED) is 0.672. The van der Waals surface area contributed by atoms with Gasteiger partial charge in [-0.25, -0.2) is 0 Å². The van der Waals surface area contributed by atoms with Crippen LogP contribution < -0.4 is 10.6 Å². The smallest absolute Gasteiger partial charge is 0.239 e. The molecule has 0 bridgehead atoms.